The molecule has 4 rings (SSSR count). The van der Waals surface area contributed by atoms with Crippen LogP contribution < -0.4 is 0 Å². The summed E-state index contributed by atoms with van der Waals surface area (Å²) in [6, 6.07) is 9.07. The monoisotopic (exact) mass is 373 g/mol. The average Bonchev–Trinajstić information content (AvgIpc) is 3.20. The number of likely N-dealkylation sites (tertiary alicyclic amines) is 1. The Bertz CT molecular complexity index is 630. The third-order valence-corrected chi connectivity index (χ3v) is 6.01. The Kier molecular flexibility index (Phi) is 5.95. The SMILES string of the molecule is CCc1ccc(CN2C[C@H]3OC(=O)N(CCCN4CCOCC4)[C@H]3C2)cc1. The first kappa shape index (κ1) is 18.7. The number of carbonyl (C=O) groups is 1. The predicted octanol–water partition coefficient (Wildman–Crippen LogP) is 1.98. The molecule has 3 fully saturated rings. The molecule has 27 heavy (non-hydrogen) atoms. The number of ether oxygens (including phenoxy) is 2. The molecule has 1 amide bonds. The van der Waals surface area contributed by atoms with Gasteiger partial charge in [0, 0.05) is 45.8 Å². The Hall–Kier alpha value is -1.63. The van der Waals surface area contributed by atoms with Gasteiger partial charge in [0.1, 0.15) is 6.10 Å². The minimum Gasteiger partial charge on any atom is -0.442 e. The van der Waals surface area contributed by atoms with Crippen molar-refractivity contribution in [3.63, 3.8) is 0 Å². The zero-order chi connectivity index (χ0) is 18.6. The molecule has 0 bridgehead atoms. The van der Waals surface area contributed by atoms with Crippen LogP contribution in [-0.2, 0) is 22.4 Å². The van der Waals surface area contributed by atoms with Crippen molar-refractivity contribution < 1.29 is 14.3 Å². The highest BCUT2D eigenvalue weighted by Crippen LogP contribution is 2.28. The van der Waals surface area contributed by atoms with E-state index in [2.05, 4.69) is 41.0 Å². The van der Waals surface area contributed by atoms with Crippen LogP contribution in [0.1, 0.15) is 24.5 Å². The van der Waals surface area contributed by atoms with Crippen molar-refractivity contribution in [1.29, 1.82) is 0 Å². The fraction of sp³-hybridized carbons (Fsp3) is 0.667. The molecule has 3 saturated heterocycles. The smallest absolute Gasteiger partial charge is 0.410 e. The van der Waals surface area contributed by atoms with Crippen LogP contribution in [0.4, 0.5) is 4.79 Å². The fourth-order valence-electron chi connectivity index (χ4n) is 4.39. The van der Waals surface area contributed by atoms with E-state index >= 15 is 0 Å². The maximum Gasteiger partial charge on any atom is 0.410 e. The van der Waals surface area contributed by atoms with E-state index in [1.54, 1.807) is 0 Å². The van der Waals surface area contributed by atoms with Crippen LogP contribution in [0.3, 0.4) is 0 Å². The molecule has 6 nitrogen and oxygen atoms in total. The summed E-state index contributed by atoms with van der Waals surface area (Å²) in [6.45, 7) is 10.3. The largest absolute Gasteiger partial charge is 0.442 e. The molecular weight excluding hydrogens is 342 g/mol. The lowest BCUT2D eigenvalue weighted by Gasteiger charge is -2.28. The number of hydrogen-bond acceptors (Lipinski definition) is 5. The molecule has 0 aliphatic carbocycles. The number of rotatable bonds is 7. The highest BCUT2D eigenvalue weighted by molar-refractivity contribution is 5.71. The van der Waals surface area contributed by atoms with Crippen molar-refractivity contribution in [3.8, 4) is 0 Å². The van der Waals surface area contributed by atoms with Crippen molar-refractivity contribution in [2.24, 2.45) is 0 Å². The van der Waals surface area contributed by atoms with Crippen LogP contribution in [0.2, 0.25) is 0 Å². The summed E-state index contributed by atoms with van der Waals surface area (Å²) in [5.41, 5.74) is 2.70. The topological polar surface area (TPSA) is 45.2 Å². The van der Waals surface area contributed by atoms with Gasteiger partial charge >= 0.3 is 6.09 Å². The summed E-state index contributed by atoms with van der Waals surface area (Å²) in [4.78, 5) is 19.1. The molecule has 1 aromatic carbocycles. The summed E-state index contributed by atoms with van der Waals surface area (Å²) in [7, 11) is 0. The lowest BCUT2D eigenvalue weighted by Crippen LogP contribution is -2.41. The molecule has 0 unspecified atom stereocenters. The highest BCUT2D eigenvalue weighted by atomic mass is 16.6. The molecule has 0 spiro atoms. The minimum atomic E-state index is -0.126. The molecule has 3 heterocycles. The molecule has 1 aromatic rings. The molecule has 0 saturated carbocycles. The third kappa shape index (κ3) is 4.45. The molecule has 0 radical (unpaired) electrons. The van der Waals surface area contributed by atoms with Crippen molar-refractivity contribution in [3.05, 3.63) is 35.4 Å². The van der Waals surface area contributed by atoms with Gasteiger partial charge in [-0.15, -0.1) is 0 Å². The molecule has 6 heteroatoms. The van der Waals surface area contributed by atoms with E-state index < -0.39 is 0 Å². The van der Waals surface area contributed by atoms with E-state index in [1.807, 2.05) is 4.90 Å². The average molecular weight is 373 g/mol. The van der Waals surface area contributed by atoms with Crippen LogP contribution in [0, 0.1) is 0 Å². The first-order valence-electron chi connectivity index (χ1n) is 10.3. The Labute approximate surface area is 162 Å². The van der Waals surface area contributed by atoms with Crippen LogP contribution >= 0.6 is 0 Å². The lowest BCUT2D eigenvalue weighted by molar-refractivity contribution is 0.0362. The summed E-state index contributed by atoms with van der Waals surface area (Å²) in [5, 5.41) is 0. The molecule has 3 aliphatic heterocycles. The minimum absolute atomic E-state index is 0.0239. The van der Waals surface area contributed by atoms with Gasteiger partial charge in [0.2, 0.25) is 0 Å². The second-order valence-electron chi connectivity index (χ2n) is 7.85. The van der Waals surface area contributed by atoms with Gasteiger partial charge in [0.25, 0.3) is 0 Å². The van der Waals surface area contributed by atoms with E-state index in [1.165, 1.54) is 11.1 Å². The standard InChI is InChI=1S/C21H31N3O3/c1-2-17-4-6-18(7-5-17)14-23-15-19-20(16-23)27-21(25)24(19)9-3-8-22-10-12-26-13-11-22/h4-7,19-20H,2-3,8-16H2,1H3/t19-,20+/m0/s1. The molecule has 0 N–H and O–H groups in total. The molecule has 148 valence electrons. The lowest BCUT2D eigenvalue weighted by atomic mass is 10.1. The maximum atomic E-state index is 12.3. The Balaban J connectivity index is 1.27. The fourth-order valence-corrected chi connectivity index (χ4v) is 4.39. The molecule has 2 atom stereocenters. The number of carbonyl (C=O) groups excluding carboxylic acids is 1. The number of morpholine rings is 1. The Morgan fingerprint density at radius 3 is 2.48 bits per heavy atom. The zero-order valence-electron chi connectivity index (χ0n) is 16.3. The summed E-state index contributed by atoms with van der Waals surface area (Å²) < 4.78 is 11.1. The van der Waals surface area contributed by atoms with Gasteiger partial charge in [0.15, 0.2) is 0 Å². The van der Waals surface area contributed by atoms with Gasteiger partial charge in [-0.3, -0.25) is 9.80 Å². The van der Waals surface area contributed by atoms with Crippen LogP contribution in [0.15, 0.2) is 24.3 Å². The van der Waals surface area contributed by atoms with Gasteiger partial charge in [-0.1, -0.05) is 31.2 Å². The van der Waals surface area contributed by atoms with Gasteiger partial charge in [-0.25, -0.2) is 4.79 Å². The molecule has 0 aromatic heterocycles. The van der Waals surface area contributed by atoms with Crippen molar-refractivity contribution in [1.82, 2.24) is 14.7 Å². The summed E-state index contributed by atoms with van der Waals surface area (Å²) in [6.07, 6.45) is 1.97. The van der Waals surface area contributed by atoms with Crippen LogP contribution in [0.5, 0.6) is 0 Å². The Morgan fingerprint density at radius 2 is 1.74 bits per heavy atom. The number of nitrogens with zero attached hydrogens (tertiary/aromatic N) is 3. The zero-order valence-corrected chi connectivity index (χ0v) is 16.3. The quantitative estimate of drug-likeness (QED) is 0.731. The number of hydrogen-bond donors (Lipinski definition) is 0. The van der Waals surface area contributed by atoms with Crippen molar-refractivity contribution in [2.75, 3.05) is 52.5 Å². The third-order valence-electron chi connectivity index (χ3n) is 6.01. The van der Waals surface area contributed by atoms with E-state index in [4.69, 9.17) is 9.47 Å². The van der Waals surface area contributed by atoms with Crippen molar-refractivity contribution in [2.45, 2.75) is 38.5 Å². The first-order valence-corrected chi connectivity index (χ1v) is 10.3. The van der Waals surface area contributed by atoms with Gasteiger partial charge in [-0.2, -0.15) is 0 Å². The first-order chi connectivity index (χ1) is 13.2. The summed E-state index contributed by atoms with van der Waals surface area (Å²) >= 11 is 0. The van der Waals surface area contributed by atoms with E-state index in [0.717, 1.165) is 71.9 Å². The second-order valence-corrected chi connectivity index (χ2v) is 7.85. The number of amides is 1. The van der Waals surface area contributed by atoms with E-state index in [-0.39, 0.29) is 18.2 Å². The highest BCUT2D eigenvalue weighted by Gasteiger charge is 2.47. The normalized spacial score (nSPS) is 26.4. The van der Waals surface area contributed by atoms with E-state index in [9.17, 15) is 4.79 Å². The van der Waals surface area contributed by atoms with Crippen LogP contribution in [0.25, 0.3) is 0 Å². The molecule has 3 aliphatic rings. The second kappa shape index (κ2) is 8.59. The molecular formula is C21H31N3O3. The van der Waals surface area contributed by atoms with Crippen LogP contribution in [-0.4, -0.2) is 85.4 Å². The summed E-state index contributed by atoms with van der Waals surface area (Å²) in [5.74, 6) is 0. The predicted molar refractivity (Wildman–Crippen MR) is 104 cm³/mol. The van der Waals surface area contributed by atoms with Crippen molar-refractivity contribution >= 4 is 6.09 Å². The van der Waals surface area contributed by atoms with E-state index in [0.29, 0.717) is 0 Å². The maximum absolute atomic E-state index is 12.3. The Morgan fingerprint density at radius 1 is 1.00 bits per heavy atom. The van der Waals surface area contributed by atoms with Gasteiger partial charge < -0.3 is 14.4 Å². The number of aryl methyl sites for hydroxylation is 1. The van der Waals surface area contributed by atoms with Gasteiger partial charge in [-0.05, 0) is 24.0 Å². The number of fused-ring (bicyclic) bond motifs is 1. The number of benzene rings is 1. The van der Waals surface area contributed by atoms with Gasteiger partial charge in [0.05, 0.1) is 19.3 Å².